The molecule has 0 spiro atoms. The third-order valence-electron chi connectivity index (χ3n) is 1.35. The smallest absolute Gasteiger partial charge is 0.314 e. The van der Waals surface area contributed by atoms with Gasteiger partial charge in [0.15, 0.2) is 16.3 Å². The minimum absolute atomic E-state index is 0.144. The number of hydrogen-bond acceptors (Lipinski definition) is 4. The van der Waals surface area contributed by atoms with E-state index in [-0.39, 0.29) is 11.7 Å². The Balaban J connectivity index is 0.000000336. The lowest BCUT2D eigenvalue weighted by atomic mass is 10.2. The van der Waals surface area contributed by atoms with Gasteiger partial charge in [0.1, 0.15) is 0 Å². The monoisotopic (exact) mass is 275 g/mol. The summed E-state index contributed by atoms with van der Waals surface area (Å²) in [5.41, 5.74) is 1.18. The molecule has 6 heteroatoms. The fourth-order valence-corrected chi connectivity index (χ4v) is 0.666. The van der Waals surface area contributed by atoms with Crippen LogP contribution >= 0.6 is 16.3 Å². The van der Waals surface area contributed by atoms with Crippen LogP contribution in [0.4, 0.5) is 5.69 Å². The molecule has 0 heterocycles. The lowest BCUT2D eigenvalue weighted by molar-refractivity contribution is -0.384. The molecule has 1 rings (SSSR count). The van der Waals surface area contributed by atoms with Gasteiger partial charge in [-0.3, -0.25) is 14.9 Å². The molecule has 0 radical (unpaired) electrons. The van der Waals surface area contributed by atoms with Crippen LogP contribution in [-0.2, 0) is 8.62 Å². The van der Waals surface area contributed by atoms with E-state index in [0.717, 1.165) is 5.56 Å². The van der Waals surface area contributed by atoms with Crippen molar-refractivity contribution < 1.29 is 13.5 Å². The Bertz CT molecular complexity index is 336. The molecule has 1 aromatic rings. The highest BCUT2D eigenvalue weighted by Gasteiger charge is 2.00. The number of nitro benzene ring substituents is 1. The van der Waals surface area contributed by atoms with E-state index in [1.54, 1.807) is 12.1 Å². The van der Waals surface area contributed by atoms with Crippen molar-refractivity contribution >= 4 is 27.9 Å². The Kier molecular flexibility index (Phi) is 6.28. The summed E-state index contributed by atoms with van der Waals surface area (Å²) in [7, 11) is 0. The van der Waals surface area contributed by atoms with Crippen molar-refractivity contribution in [3.8, 4) is 0 Å². The van der Waals surface area contributed by atoms with Gasteiger partial charge in [-0.25, -0.2) is 0 Å². The predicted molar refractivity (Wildman–Crippen MR) is 58.5 cm³/mol. The lowest BCUT2D eigenvalue weighted by Crippen LogP contribution is -1.86. The first kappa shape index (κ1) is 13.6. The summed E-state index contributed by atoms with van der Waals surface area (Å²) < 4.78 is 3.92. The van der Waals surface area contributed by atoms with E-state index in [1.807, 2.05) is 6.92 Å². The van der Waals surface area contributed by atoms with Crippen molar-refractivity contribution in [2.24, 2.45) is 0 Å². The van der Waals surface area contributed by atoms with E-state index in [1.165, 1.54) is 19.1 Å². The van der Waals surface area contributed by atoms with Crippen molar-refractivity contribution in [2.75, 3.05) is 0 Å². The van der Waals surface area contributed by atoms with E-state index in [0.29, 0.717) is 0 Å². The van der Waals surface area contributed by atoms with E-state index in [2.05, 4.69) is 20.1 Å². The second-order valence-corrected chi connectivity index (χ2v) is 2.99. The lowest BCUT2D eigenvalue weighted by Gasteiger charge is -1.90. The fourth-order valence-electron chi connectivity index (χ4n) is 0.666. The van der Waals surface area contributed by atoms with Crippen molar-refractivity contribution in [2.45, 2.75) is 13.8 Å². The summed E-state index contributed by atoms with van der Waals surface area (Å²) in [6, 6.07) is 6.43. The zero-order valence-electron chi connectivity index (χ0n) is 8.27. The molecule has 0 aliphatic carbocycles. The maximum Gasteiger partial charge on any atom is 0.314 e. The summed E-state index contributed by atoms with van der Waals surface area (Å²) in [5, 5.41) is 10.1. The molecule has 0 amide bonds. The van der Waals surface area contributed by atoms with Crippen LogP contribution in [0.5, 0.6) is 0 Å². The zero-order valence-corrected chi connectivity index (χ0v) is 9.85. The maximum atomic E-state index is 10.1. The van der Waals surface area contributed by atoms with Gasteiger partial charge in [0.2, 0.25) is 0 Å². The van der Waals surface area contributed by atoms with Gasteiger partial charge in [-0.1, -0.05) is 17.7 Å². The van der Waals surface area contributed by atoms with Gasteiger partial charge in [-0.2, -0.15) is 0 Å². The first-order valence-electron chi connectivity index (χ1n) is 3.97. The van der Waals surface area contributed by atoms with Crippen LogP contribution in [0.2, 0.25) is 0 Å². The van der Waals surface area contributed by atoms with E-state index >= 15 is 0 Å². The number of nitrogens with zero attached hydrogens (tertiary/aromatic N) is 1. The molecular weight excluding hydrogens is 266 g/mol. The first-order valence-corrected chi connectivity index (χ1v) is 4.62. The average molecular weight is 276 g/mol. The third kappa shape index (κ3) is 6.62. The molecule has 0 saturated carbocycles. The summed E-state index contributed by atoms with van der Waals surface area (Å²) in [6.07, 6.45) is 0. The number of rotatable bonds is 1. The molecule has 82 valence electrons. The van der Waals surface area contributed by atoms with Crippen LogP contribution in [0.1, 0.15) is 12.5 Å². The van der Waals surface area contributed by atoms with Crippen molar-refractivity contribution in [1.82, 2.24) is 0 Å². The Morgan fingerprint density at radius 1 is 1.40 bits per heavy atom. The first-order chi connectivity index (χ1) is 6.97. The topological polar surface area (TPSA) is 69.4 Å². The highest BCUT2D eigenvalue weighted by molar-refractivity contribution is 9.06. The van der Waals surface area contributed by atoms with Gasteiger partial charge in [-0.15, -0.1) is 0 Å². The second kappa shape index (κ2) is 6.94. The SMILES string of the molecule is CC(=O)OBr.Cc1ccc([N+](=O)[O-])cc1. The molecule has 0 unspecified atom stereocenters. The van der Waals surface area contributed by atoms with Crippen LogP contribution in [0.3, 0.4) is 0 Å². The van der Waals surface area contributed by atoms with E-state index < -0.39 is 4.92 Å². The van der Waals surface area contributed by atoms with Gasteiger partial charge in [0, 0.05) is 19.1 Å². The highest BCUT2D eigenvalue weighted by atomic mass is 79.9. The van der Waals surface area contributed by atoms with E-state index in [4.69, 9.17) is 0 Å². The van der Waals surface area contributed by atoms with Gasteiger partial charge in [0.25, 0.3) is 5.69 Å². The third-order valence-corrected chi connectivity index (χ3v) is 1.81. The van der Waals surface area contributed by atoms with Gasteiger partial charge < -0.3 is 3.83 Å². The molecular formula is C9H10BrNO4. The Hall–Kier alpha value is -1.43. The van der Waals surface area contributed by atoms with Gasteiger partial charge >= 0.3 is 5.97 Å². The Labute approximate surface area is 95.7 Å². The number of benzene rings is 1. The van der Waals surface area contributed by atoms with Crippen LogP contribution in [0.15, 0.2) is 24.3 Å². The zero-order chi connectivity index (χ0) is 11.8. The number of hydrogen-bond donors (Lipinski definition) is 0. The Morgan fingerprint density at radius 3 is 2.07 bits per heavy atom. The molecule has 0 saturated heterocycles. The molecule has 0 N–H and O–H groups in total. The number of carbonyl (C=O) groups excluding carboxylic acids is 1. The number of nitro groups is 1. The standard InChI is InChI=1S/C7H7NO2.C2H3BrO2/c1-6-2-4-7(5-3-6)8(9)10;1-2(4)5-3/h2-5H,1H3;1H3. The van der Waals surface area contributed by atoms with Crippen molar-refractivity contribution in [3.63, 3.8) is 0 Å². The highest BCUT2D eigenvalue weighted by Crippen LogP contribution is 2.10. The summed E-state index contributed by atoms with van der Waals surface area (Å²) >= 11 is 2.46. The number of halogens is 1. The summed E-state index contributed by atoms with van der Waals surface area (Å²) in [4.78, 5) is 19.3. The molecule has 0 fully saturated rings. The average Bonchev–Trinajstić information content (AvgIpc) is 2.19. The summed E-state index contributed by atoms with van der Waals surface area (Å²) in [5.74, 6) is -0.329. The molecule has 5 nitrogen and oxygen atoms in total. The van der Waals surface area contributed by atoms with Gasteiger partial charge in [-0.05, 0) is 6.92 Å². The molecule has 0 aliphatic heterocycles. The predicted octanol–water partition coefficient (Wildman–Crippen LogP) is 2.76. The second-order valence-electron chi connectivity index (χ2n) is 2.66. The number of carbonyl (C=O) groups is 1. The summed E-state index contributed by atoms with van der Waals surface area (Å²) in [6.45, 7) is 3.21. The molecule has 1 aromatic carbocycles. The molecule has 0 bridgehead atoms. The normalized spacial score (nSPS) is 8.47. The van der Waals surface area contributed by atoms with Crippen molar-refractivity contribution in [3.05, 3.63) is 39.9 Å². The van der Waals surface area contributed by atoms with Crippen LogP contribution in [0, 0.1) is 17.0 Å². The van der Waals surface area contributed by atoms with Gasteiger partial charge in [0.05, 0.1) is 4.92 Å². The molecule has 0 aromatic heterocycles. The molecule has 0 aliphatic rings. The van der Waals surface area contributed by atoms with Crippen LogP contribution in [-0.4, -0.2) is 10.9 Å². The minimum atomic E-state index is -0.403. The van der Waals surface area contributed by atoms with Crippen LogP contribution in [0.25, 0.3) is 0 Å². The Morgan fingerprint density at radius 2 is 1.80 bits per heavy atom. The molecule has 0 atom stereocenters. The number of non-ortho nitro benzene ring substituents is 1. The quantitative estimate of drug-likeness (QED) is 0.584. The number of aryl methyl sites for hydroxylation is 1. The van der Waals surface area contributed by atoms with E-state index in [9.17, 15) is 14.9 Å². The van der Waals surface area contributed by atoms with Crippen molar-refractivity contribution in [1.29, 1.82) is 0 Å². The largest absolute Gasteiger partial charge is 0.384 e. The minimum Gasteiger partial charge on any atom is -0.384 e. The maximum absolute atomic E-state index is 10.1. The van der Waals surface area contributed by atoms with Crippen LogP contribution < -0.4 is 0 Å². The fraction of sp³-hybridized carbons (Fsp3) is 0.222. The molecule has 15 heavy (non-hydrogen) atoms.